The number of nitrogens with one attached hydrogen (secondary N) is 1. The number of aromatic hydroxyl groups is 1. The molecular formula is C9H10N2O3. The van der Waals surface area contributed by atoms with E-state index in [9.17, 15) is 4.79 Å². The molecule has 0 spiro atoms. The SMILES string of the molecule is N[C@@H]1C(=O)NO[C@H]1c1ccc(O)cc1. The molecule has 0 bridgehead atoms. The van der Waals surface area contributed by atoms with Crippen LogP contribution in [0.1, 0.15) is 11.7 Å². The highest BCUT2D eigenvalue weighted by atomic mass is 16.7. The molecule has 5 heteroatoms. The number of carbonyl (C=O) groups is 1. The van der Waals surface area contributed by atoms with E-state index >= 15 is 0 Å². The zero-order valence-corrected chi connectivity index (χ0v) is 7.31. The van der Waals surface area contributed by atoms with Gasteiger partial charge >= 0.3 is 0 Å². The Hall–Kier alpha value is -1.59. The molecule has 14 heavy (non-hydrogen) atoms. The summed E-state index contributed by atoms with van der Waals surface area (Å²) < 4.78 is 0. The van der Waals surface area contributed by atoms with Gasteiger partial charge in [0, 0.05) is 0 Å². The Balaban J connectivity index is 2.23. The van der Waals surface area contributed by atoms with Crippen LogP contribution in [0, 0.1) is 0 Å². The zero-order valence-electron chi connectivity index (χ0n) is 7.31. The Kier molecular flexibility index (Phi) is 2.11. The largest absolute Gasteiger partial charge is 0.508 e. The maximum Gasteiger partial charge on any atom is 0.263 e. The van der Waals surface area contributed by atoms with E-state index in [0.29, 0.717) is 0 Å². The van der Waals surface area contributed by atoms with Crippen molar-refractivity contribution < 1.29 is 14.7 Å². The van der Waals surface area contributed by atoms with E-state index in [-0.39, 0.29) is 11.7 Å². The van der Waals surface area contributed by atoms with Gasteiger partial charge in [-0.05, 0) is 17.7 Å². The van der Waals surface area contributed by atoms with E-state index in [1.165, 1.54) is 12.1 Å². The number of carbonyl (C=O) groups excluding carboxylic acids is 1. The number of hydrogen-bond donors (Lipinski definition) is 3. The number of phenols is 1. The van der Waals surface area contributed by atoms with Gasteiger partial charge in [-0.3, -0.25) is 9.63 Å². The topological polar surface area (TPSA) is 84.6 Å². The molecule has 74 valence electrons. The Morgan fingerprint density at radius 3 is 2.50 bits per heavy atom. The lowest BCUT2D eigenvalue weighted by Crippen LogP contribution is -2.33. The fourth-order valence-electron chi connectivity index (χ4n) is 1.34. The fraction of sp³-hybridized carbons (Fsp3) is 0.222. The van der Waals surface area contributed by atoms with Crippen LogP contribution in [0.5, 0.6) is 5.75 Å². The predicted molar refractivity (Wildman–Crippen MR) is 48.1 cm³/mol. The van der Waals surface area contributed by atoms with Gasteiger partial charge in [0.15, 0.2) is 0 Å². The first-order valence-corrected chi connectivity index (χ1v) is 4.18. The molecule has 1 aromatic rings. The molecule has 1 fully saturated rings. The smallest absolute Gasteiger partial charge is 0.263 e. The molecule has 1 saturated heterocycles. The molecule has 0 unspecified atom stereocenters. The van der Waals surface area contributed by atoms with Gasteiger partial charge in [0.1, 0.15) is 17.9 Å². The third-order valence-corrected chi connectivity index (χ3v) is 2.14. The number of phenolic OH excluding ortho intramolecular Hbond substituents is 1. The van der Waals surface area contributed by atoms with Gasteiger partial charge in [-0.15, -0.1) is 0 Å². The Bertz CT molecular complexity index is 350. The van der Waals surface area contributed by atoms with Crippen molar-refractivity contribution in [3.8, 4) is 5.75 Å². The standard InChI is InChI=1S/C9H10N2O3/c10-7-8(14-11-9(7)13)5-1-3-6(12)4-2-5/h1-4,7-8,12H,10H2,(H,11,13)/t7-,8-/m0/s1. The Labute approximate surface area is 80.4 Å². The van der Waals surface area contributed by atoms with Crippen LogP contribution < -0.4 is 11.2 Å². The van der Waals surface area contributed by atoms with E-state index in [0.717, 1.165) is 5.56 Å². The predicted octanol–water partition coefficient (Wildman–Crippen LogP) is -0.178. The highest BCUT2D eigenvalue weighted by Gasteiger charge is 2.34. The van der Waals surface area contributed by atoms with E-state index < -0.39 is 12.1 Å². The summed E-state index contributed by atoms with van der Waals surface area (Å²) in [4.78, 5) is 16.0. The average Bonchev–Trinajstić information content (AvgIpc) is 2.50. The minimum atomic E-state index is -0.695. The maximum absolute atomic E-state index is 11.0. The van der Waals surface area contributed by atoms with Crippen LogP contribution in [0.25, 0.3) is 0 Å². The van der Waals surface area contributed by atoms with Crippen molar-refractivity contribution in [1.29, 1.82) is 0 Å². The third-order valence-electron chi connectivity index (χ3n) is 2.14. The third kappa shape index (κ3) is 1.43. The number of nitrogens with two attached hydrogens (primary N) is 1. The molecule has 4 N–H and O–H groups in total. The Morgan fingerprint density at radius 1 is 1.36 bits per heavy atom. The number of benzene rings is 1. The minimum absolute atomic E-state index is 0.166. The van der Waals surface area contributed by atoms with Crippen LogP contribution >= 0.6 is 0 Å². The molecule has 0 saturated carbocycles. The summed E-state index contributed by atoms with van der Waals surface area (Å²) in [6.45, 7) is 0. The summed E-state index contributed by atoms with van der Waals surface area (Å²) in [6, 6.07) is 5.68. The van der Waals surface area contributed by atoms with Crippen molar-refractivity contribution in [2.45, 2.75) is 12.1 Å². The van der Waals surface area contributed by atoms with Gasteiger partial charge < -0.3 is 10.8 Å². The normalized spacial score (nSPS) is 26.2. The van der Waals surface area contributed by atoms with Crippen molar-refractivity contribution in [2.24, 2.45) is 5.73 Å². The van der Waals surface area contributed by atoms with Crippen LogP contribution in [-0.4, -0.2) is 17.1 Å². The first-order valence-electron chi connectivity index (χ1n) is 4.18. The average molecular weight is 194 g/mol. The van der Waals surface area contributed by atoms with Gasteiger partial charge in [0.25, 0.3) is 5.91 Å². The lowest BCUT2D eigenvalue weighted by Gasteiger charge is -2.10. The summed E-state index contributed by atoms with van der Waals surface area (Å²) >= 11 is 0. The van der Waals surface area contributed by atoms with Crippen LogP contribution in [0.3, 0.4) is 0 Å². The lowest BCUT2D eigenvalue weighted by atomic mass is 10.0. The summed E-state index contributed by atoms with van der Waals surface area (Å²) in [5, 5.41) is 9.06. The summed E-state index contributed by atoms with van der Waals surface area (Å²) in [5.74, 6) is -0.164. The van der Waals surface area contributed by atoms with Crippen LogP contribution in [0.4, 0.5) is 0 Å². The molecule has 1 aromatic carbocycles. The van der Waals surface area contributed by atoms with E-state index in [1.54, 1.807) is 12.1 Å². The lowest BCUT2D eigenvalue weighted by molar-refractivity contribution is -0.125. The summed E-state index contributed by atoms with van der Waals surface area (Å²) in [7, 11) is 0. The van der Waals surface area contributed by atoms with Crippen molar-refractivity contribution in [3.63, 3.8) is 0 Å². The minimum Gasteiger partial charge on any atom is -0.508 e. The molecule has 1 aliphatic heterocycles. The monoisotopic (exact) mass is 194 g/mol. The molecule has 0 aliphatic carbocycles. The van der Waals surface area contributed by atoms with Crippen molar-refractivity contribution in [2.75, 3.05) is 0 Å². The van der Waals surface area contributed by atoms with E-state index in [4.69, 9.17) is 15.7 Å². The molecule has 2 atom stereocenters. The summed E-state index contributed by atoms with van der Waals surface area (Å²) in [6.07, 6.45) is -0.483. The van der Waals surface area contributed by atoms with Gasteiger partial charge in [0.2, 0.25) is 0 Å². The quantitative estimate of drug-likeness (QED) is 0.579. The highest BCUT2D eigenvalue weighted by molar-refractivity contribution is 5.83. The van der Waals surface area contributed by atoms with Gasteiger partial charge in [0.05, 0.1) is 0 Å². The van der Waals surface area contributed by atoms with E-state index in [1.807, 2.05) is 0 Å². The highest BCUT2D eigenvalue weighted by Crippen LogP contribution is 2.24. The van der Waals surface area contributed by atoms with Crippen LogP contribution in [-0.2, 0) is 9.63 Å². The number of rotatable bonds is 1. The zero-order chi connectivity index (χ0) is 10.1. The second kappa shape index (κ2) is 3.28. The fourth-order valence-corrected chi connectivity index (χ4v) is 1.34. The first kappa shape index (κ1) is 8.98. The van der Waals surface area contributed by atoms with Crippen LogP contribution in [0.15, 0.2) is 24.3 Å². The van der Waals surface area contributed by atoms with Crippen molar-refractivity contribution in [1.82, 2.24) is 5.48 Å². The van der Waals surface area contributed by atoms with Gasteiger partial charge in [-0.2, -0.15) is 0 Å². The van der Waals surface area contributed by atoms with Crippen LogP contribution in [0.2, 0.25) is 0 Å². The number of amides is 1. The van der Waals surface area contributed by atoms with Gasteiger partial charge in [-0.1, -0.05) is 12.1 Å². The molecule has 5 nitrogen and oxygen atoms in total. The van der Waals surface area contributed by atoms with Crippen molar-refractivity contribution in [3.05, 3.63) is 29.8 Å². The molecule has 1 amide bonds. The second-order valence-corrected chi connectivity index (χ2v) is 3.12. The molecule has 1 heterocycles. The molecular weight excluding hydrogens is 184 g/mol. The summed E-state index contributed by atoms with van der Waals surface area (Å²) in [5.41, 5.74) is 8.56. The first-order chi connectivity index (χ1) is 6.68. The maximum atomic E-state index is 11.0. The number of hydrogen-bond acceptors (Lipinski definition) is 4. The number of hydroxylamine groups is 1. The molecule has 2 rings (SSSR count). The Morgan fingerprint density at radius 2 is 2.00 bits per heavy atom. The molecule has 1 aliphatic rings. The second-order valence-electron chi connectivity index (χ2n) is 3.12. The van der Waals surface area contributed by atoms with E-state index in [2.05, 4.69) is 5.48 Å². The van der Waals surface area contributed by atoms with Gasteiger partial charge in [-0.25, -0.2) is 5.48 Å². The molecule has 0 aromatic heterocycles. The molecule has 0 radical (unpaired) electrons. The van der Waals surface area contributed by atoms with Crippen molar-refractivity contribution >= 4 is 5.91 Å².